The molecule has 0 radical (unpaired) electrons. The fraction of sp³-hybridized carbons (Fsp3) is 0.115. The van der Waals surface area contributed by atoms with Gasteiger partial charge in [-0.05, 0) is 61.7 Å². The fourth-order valence-corrected chi connectivity index (χ4v) is 3.71. The average Bonchev–Trinajstić information content (AvgIpc) is 2.74. The molecule has 0 aliphatic rings. The van der Waals surface area contributed by atoms with Gasteiger partial charge in [0, 0.05) is 22.5 Å². The number of rotatable bonds is 5. The van der Waals surface area contributed by atoms with Gasteiger partial charge in [0.2, 0.25) is 0 Å². The zero-order valence-electron chi connectivity index (χ0n) is 17.0. The van der Waals surface area contributed by atoms with Crippen LogP contribution in [0.1, 0.15) is 32.9 Å². The van der Waals surface area contributed by atoms with Crippen molar-refractivity contribution in [3.63, 3.8) is 0 Å². The molecule has 0 spiro atoms. The van der Waals surface area contributed by atoms with Gasteiger partial charge in [0.1, 0.15) is 0 Å². The predicted octanol–water partition coefficient (Wildman–Crippen LogP) is 5.72. The third-order valence-electron chi connectivity index (χ3n) is 5.02. The Bertz CT molecular complexity index is 1230. The normalized spacial score (nSPS) is 10.7. The molecular formula is C26H22N2O2. The monoisotopic (exact) mass is 394 g/mol. The maximum Gasteiger partial charge on any atom is 0.336 e. The summed E-state index contributed by atoms with van der Waals surface area (Å²) >= 11 is 0. The highest BCUT2D eigenvalue weighted by atomic mass is 16.4. The van der Waals surface area contributed by atoms with Crippen molar-refractivity contribution in [3.8, 4) is 22.5 Å². The van der Waals surface area contributed by atoms with E-state index in [0.717, 1.165) is 28.2 Å². The molecule has 0 saturated carbocycles. The topological polar surface area (TPSA) is 63.1 Å². The highest BCUT2D eigenvalue weighted by Crippen LogP contribution is 2.28. The van der Waals surface area contributed by atoms with E-state index < -0.39 is 5.97 Å². The van der Waals surface area contributed by atoms with Gasteiger partial charge < -0.3 is 5.11 Å². The number of hydrogen-bond donors (Lipinski definition) is 1. The van der Waals surface area contributed by atoms with Crippen LogP contribution in [-0.4, -0.2) is 21.0 Å². The van der Waals surface area contributed by atoms with Gasteiger partial charge in [-0.15, -0.1) is 0 Å². The first-order valence-corrected chi connectivity index (χ1v) is 9.83. The second-order valence-electron chi connectivity index (χ2n) is 7.35. The molecule has 4 aromatic rings. The Morgan fingerprint density at radius 1 is 0.767 bits per heavy atom. The van der Waals surface area contributed by atoms with Crippen molar-refractivity contribution >= 4 is 5.97 Å². The van der Waals surface area contributed by atoms with Gasteiger partial charge >= 0.3 is 5.97 Å². The second kappa shape index (κ2) is 8.29. The van der Waals surface area contributed by atoms with Crippen LogP contribution in [-0.2, 0) is 6.42 Å². The number of carboxylic acids is 1. The second-order valence-corrected chi connectivity index (χ2v) is 7.35. The van der Waals surface area contributed by atoms with Gasteiger partial charge in [-0.3, -0.25) is 9.97 Å². The molecule has 0 fully saturated rings. The number of aryl methyl sites for hydroxylation is 2. The van der Waals surface area contributed by atoms with Gasteiger partial charge in [0.25, 0.3) is 0 Å². The highest BCUT2D eigenvalue weighted by molar-refractivity contribution is 5.95. The van der Waals surface area contributed by atoms with E-state index in [1.807, 2.05) is 62.4 Å². The minimum atomic E-state index is -0.952. The minimum Gasteiger partial charge on any atom is -0.478 e. The SMILES string of the molecule is Cc1cccc(-c2ccccc2Cc2cc(C)nc(-c3ccccc3C(=O)O)c2)n1. The molecule has 1 N–H and O–H groups in total. The van der Waals surface area contributed by atoms with Crippen molar-refractivity contribution in [2.45, 2.75) is 20.3 Å². The molecule has 4 heteroatoms. The number of pyridine rings is 2. The molecule has 4 rings (SSSR count). The molecule has 0 unspecified atom stereocenters. The van der Waals surface area contributed by atoms with Gasteiger partial charge in [-0.25, -0.2) is 4.79 Å². The van der Waals surface area contributed by atoms with Crippen molar-refractivity contribution in [3.05, 3.63) is 107 Å². The Labute approximate surface area is 175 Å². The molecule has 0 aliphatic heterocycles. The van der Waals surface area contributed by atoms with Crippen LogP contribution in [0.25, 0.3) is 22.5 Å². The number of benzene rings is 2. The molecule has 0 amide bonds. The van der Waals surface area contributed by atoms with Crippen molar-refractivity contribution in [2.24, 2.45) is 0 Å². The summed E-state index contributed by atoms with van der Waals surface area (Å²) in [5, 5.41) is 9.55. The number of carbonyl (C=O) groups is 1. The summed E-state index contributed by atoms with van der Waals surface area (Å²) in [5.74, 6) is -0.952. The number of nitrogens with zero attached hydrogens (tertiary/aromatic N) is 2. The number of aromatic nitrogens is 2. The third-order valence-corrected chi connectivity index (χ3v) is 5.02. The zero-order chi connectivity index (χ0) is 21.1. The van der Waals surface area contributed by atoms with Crippen LogP contribution < -0.4 is 0 Å². The third kappa shape index (κ3) is 4.13. The molecule has 2 aromatic heterocycles. The first-order valence-electron chi connectivity index (χ1n) is 9.83. The van der Waals surface area contributed by atoms with Crippen LogP contribution in [0.2, 0.25) is 0 Å². The Balaban J connectivity index is 1.76. The summed E-state index contributed by atoms with van der Waals surface area (Å²) in [6.07, 6.45) is 0.706. The van der Waals surface area contributed by atoms with Gasteiger partial charge in [0.15, 0.2) is 0 Å². The summed E-state index contributed by atoms with van der Waals surface area (Å²) in [5.41, 5.74) is 7.69. The Morgan fingerprint density at radius 2 is 1.47 bits per heavy atom. The summed E-state index contributed by atoms with van der Waals surface area (Å²) < 4.78 is 0. The first kappa shape index (κ1) is 19.5. The smallest absolute Gasteiger partial charge is 0.336 e. The molecule has 0 atom stereocenters. The lowest BCUT2D eigenvalue weighted by atomic mass is 9.95. The number of carboxylic acid groups (broad SMARTS) is 1. The summed E-state index contributed by atoms with van der Waals surface area (Å²) in [4.78, 5) is 20.9. The van der Waals surface area contributed by atoms with Crippen molar-refractivity contribution < 1.29 is 9.90 Å². The molecule has 0 aliphatic carbocycles. The first-order chi connectivity index (χ1) is 14.5. The average molecular weight is 394 g/mol. The Morgan fingerprint density at radius 3 is 2.23 bits per heavy atom. The summed E-state index contributed by atoms with van der Waals surface area (Å²) in [6.45, 7) is 3.93. The molecule has 4 nitrogen and oxygen atoms in total. The maximum atomic E-state index is 11.7. The fourth-order valence-electron chi connectivity index (χ4n) is 3.71. The molecule has 0 saturated heterocycles. The van der Waals surface area contributed by atoms with Crippen molar-refractivity contribution in [1.29, 1.82) is 0 Å². The van der Waals surface area contributed by atoms with Crippen LogP contribution >= 0.6 is 0 Å². The van der Waals surface area contributed by atoms with E-state index in [4.69, 9.17) is 0 Å². The Kier molecular flexibility index (Phi) is 5.40. The van der Waals surface area contributed by atoms with Crippen molar-refractivity contribution in [1.82, 2.24) is 9.97 Å². The van der Waals surface area contributed by atoms with Crippen LogP contribution in [0.5, 0.6) is 0 Å². The molecule has 2 aromatic carbocycles. The van der Waals surface area contributed by atoms with E-state index in [9.17, 15) is 9.90 Å². The predicted molar refractivity (Wildman–Crippen MR) is 119 cm³/mol. The zero-order valence-corrected chi connectivity index (χ0v) is 17.0. The van der Waals surface area contributed by atoms with E-state index in [1.54, 1.807) is 18.2 Å². The number of aromatic carboxylic acids is 1. The summed E-state index contributed by atoms with van der Waals surface area (Å²) in [6, 6.07) is 25.3. The number of hydrogen-bond acceptors (Lipinski definition) is 3. The van der Waals surface area contributed by atoms with E-state index in [-0.39, 0.29) is 5.56 Å². The van der Waals surface area contributed by atoms with Crippen LogP contribution in [0.4, 0.5) is 0 Å². The van der Waals surface area contributed by atoms with Crippen LogP contribution in [0, 0.1) is 13.8 Å². The lowest BCUT2D eigenvalue weighted by Crippen LogP contribution is -2.02. The van der Waals surface area contributed by atoms with E-state index in [1.165, 1.54) is 5.56 Å². The van der Waals surface area contributed by atoms with Gasteiger partial charge in [-0.1, -0.05) is 48.5 Å². The van der Waals surface area contributed by atoms with Crippen LogP contribution in [0.15, 0.2) is 78.9 Å². The van der Waals surface area contributed by atoms with E-state index in [0.29, 0.717) is 17.7 Å². The van der Waals surface area contributed by atoms with Gasteiger partial charge in [0.05, 0.1) is 17.0 Å². The molecule has 0 bridgehead atoms. The van der Waals surface area contributed by atoms with E-state index in [2.05, 4.69) is 22.1 Å². The minimum absolute atomic E-state index is 0.255. The lowest BCUT2D eigenvalue weighted by molar-refractivity contribution is 0.0697. The lowest BCUT2D eigenvalue weighted by Gasteiger charge is -2.12. The largest absolute Gasteiger partial charge is 0.478 e. The molecule has 148 valence electrons. The maximum absolute atomic E-state index is 11.7. The quantitative estimate of drug-likeness (QED) is 0.470. The van der Waals surface area contributed by atoms with Crippen LogP contribution in [0.3, 0.4) is 0 Å². The molecular weight excluding hydrogens is 372 g/mol. The van der Waals surface area contributed by atoms with E-state index >= 15 is 0 Å². The Hall–Kier alpha value is -3.79. The van der Waals surface area contributed by atoms with Crippen molar-refractivity contribution in [2.75, 3.05) is 0 Å². The summed E-state index contributed by atoms with van der Waals surface area (Å²) in [7, 11) is 0. The van der Waals surface area contributed by atoms with Gasteiger partial charge in [-0.2, -0.15) is 0 Å². The molecule has 2 heterocycles. The standard InChI is InChI=1S/C26H22N2O2/c1-17-8-7-13-24(27-17)21-10-4-3-9-20(21)15-19-14-18(2)28-25(16-19)22-11-5-6-12-23(22)26(29)30/h3-14,16H,15H2,1-2H3,(H,29,30). The highest BCUT2D eigenvalue weighted by Gasteiger charge is 2.14. The molecule has 30 heavy (non-hydrogen) atoms.